The molecular weight excluding hydrogens is 316 g/mol. The Morgan fingerprint density at radius 3 is 2.32 bits per heavy atom. The second-order valence-corrected chi connectivity index (χ2v) is 5.91. The van der Waals surface area contributed by atoms with Gasteiger partial charge in [-0.3, -0.25) is 4.79 Å². The summed E-state index contributed by atoms with van der Waals surface area (Å²) in [5, 5.41) is 13.7. The summed E-state index contributed by atoms with van der Waals surface area (Å²) in [5.41, 5.74) is 0.608. The molecule has 1 N–H and O–H groups in total. The van der Waals surface area contributed by atoms with E-state index in [0.29, 0.717) is 22.3 Å². The zero-order valence-corrected chi connectivity index (χ0v) is 13.0. The second kappa shape index (κ2) is 4.98. The molecule has 0 aliphatic heterocycles. The van der Waals surface area contributed by atoms with Gasteiger partial charge in [-0.25, -0.2) is 0 Å². The summed E-state index contributed by atoms with van der Waals surface area (Å²) in [6.07, 6.45) is 0. The molecule has 0 saturated heterocycles. The van der Waals surface area contributed by atoms with Gasteiger partial charge in [0.1, 0.15) is 11.2 Å². The molecule has 0 fully saturated rings. The lowest BCUT2D eigenvalue weighted by Crippen LogP contribution is -2.01. The standard InChI is InChI=1S/C21H12O4/c22-19-14-7-3-4-8-16(14)25-21(20(19)23)18-11-15-13-6-2-1-5-12(13)9-10-17(15)24-18/h1-11,23H. The van der Waals surface area contributed by atoms with Crippen molar-refractivity contribution in [1.82, 2.24) is 0 Å². The van der Waals surface area contributed by atoms with Gasteiger partial charge in [0, 0.05) is 5.39 Å². The molecule has 2 aromatic heterocycles. The maximum atomic E-state index is 12.4. The number of benzene rings is 3. The van der Waals surface area contributed by atoms with Crippen LogP contribution in [0.15, 0.2) is 80.4 Å². The van der Waals surface area contributed by atoms with Gasteiger partial charge in [-0.05, 0) is 35.0 Å². The molecule has 5 rings (SSSR count). The van der Waals surface area contributed by atoms with Crippen molar-refractivity contribution in [3.63, 3.8) is 0 Å². The van der Waals surface area contributed by atoms with Crippen LogP contribution in [0, 0.1) is 0 Å². The van der Waals surface area contributed by atoms with E-state index >= 15 is 0 Å². The van der Waals surface area contributed by atoms with Crippen LogP contribution in [-0.2, 0) is 0 Å². The van der Waals surface area contributed by atoms with Gasteiger partial charge in [-0.15, -0.1) is 0 Å². The summed E-state index contributed by atoms with van der Waals surface area (Å²) in [5.74, 6) is -0.0715. The topological polar surface area (TPSA) is 63.6 Å². The van der Waals surface area contributed by atoms with Gasteiger partial charge in [0.25, 0.3) is 0 Å². The highest BCUT2D eigenvalue weighted by atomic mass is 16.4. The lowest BCUT2D eigenvalue weighted by atomic mass is 10.1. The molecule has 2 heterocycles. The first-order chi connectivity index (χ1) is 12.2. The Labute approximate surface area is 141 Å². The Morgan fingerprint density at radius 2 is 1.44 bits per heavy atom. The maximum Gasteiger partial charge on any atom is 0.235 e. The SMILES string of the molecule is O=c1c(O)c(-c2cc3c(ccc4ccccc43)o2)oc2ccccc12. The van der Waals surface area contributed by atoms with Gasteiger partial charge < -0.3 is 13.9 Å². The fourth-order valence-corrected chi connectivity index (χ4v) is 3.20. The number of fused-ring (bicyclic) bond motifs is 4. The molecule has 120 valence electrons. The summed E-state index contributed by atoms with van der Waals surface area (Å²) < 4.78 is 11.6. The molecule has 3 aromatic carbocycles. The highest BCUT2D eigenvalue weighted by Gasteiger charge is 2.19. The zero-order valence-electron chi connectivity index (χ0n) is 13.0. The predicted octanol–water partition coefficient (Wildman–Crippen LogP) is 5.07. The van der Waals surface area contributed by atoms with E-state index in [9.17, 15) is 9.90 Å². The molecule has 0 aliphatic rings. The summed E-state index contributed by atoms with van der Waals surface area (Å²) in [6, 6.07) is 20.4. The van der Waals surface area contributed by atoms with Gasteiger partial charge in [-0.1, -0.05) is 42.5 Å². The number of rotatable bonds is 1. The monoisotopic (exact) mass is 328 g/mol. The zero-order chi connectivity index (χ0) is 17.0. The number of hydrogen-bond donors (Lipinski definition) is 1. The summed E-state index contributed by atoms with van der Waals surface area (Å²) in [7, 11) is 0. The Morgan fingerprint density at radius 1 is 0.720 bits per heavy atom. The number of furan rings is 1. The third kappa shape index (κ3) is 1.97. The summed E-state index contributed by atoms with van der Waals surface area (Å²) in [4.78, 5) is 12.4. The molecular formula is C21H12O4. The van der Waals surface area contributed by atoms with Crippen LogP contribution in [-0.4, -0.2) is 5.11 Å². The van der Waals surface area contributed by atoms with Crippen molar-refractivity contribution in [3.05, 3.63) is 77.0 Å². The second-order valence-electron chi connectivity index (χ2n) is 5.91. The summed E-state index contributed by atoms with van der Waals surface area (Å²) >= 11 is 0. The van der Waals surface area contributed by atoms with Gasteiger partial charge >= 0.3 is 0 Å². The Bertz CT molecular complexity index is 1320. The van der Waals surface area contributed by atoms with Crippen LogP contribution in [0.4, 0.5) is 0 Å². The minimum atomic E-state index is -0.470. The van der Waals surface area contributed by atoms with Gasteiger partial charge in [-0.2, -0.15) is 0 Å². The van der Waals surface area contributed by atoms with E-state index in [0.717, 1.165) is 16.2 Å². The third-order valence-electron chi connectivity index (χ3n) is 4.42. The van der Waals surface area contributed by atoms with Gasteiger partial charge in [0.05, 0.1) is 5.39 Å². The molecule has 0 bridgehead atoms. The van der Waals surface area contributed by atoms with Crippen molar-refractivity contribution in [2.45, 2.75) is 0 Å². The first-order valence-corrected chi connectivity index (χ1v) is 7.89. The van der Waals surface area contributed by atoms with Crippen LogP contribution < -0.4 is 5.43 Å². The molecule has 0 saturated carbocycles. The van der Waals surface area contributed by atoms with Crippen LogP contribution in [0.25, 0.3) is 44.2 Å². The first-order valence-electron chi connectivity index (χ1n) is 7.89. The molecule has 0 atom stereocenters. The van der Waals surface area contributed by atoms with Crippen LogP contribution in [0.1, 0.15) is 0 Å². The Kier molecular flexibility index (Phi) is 2.76. The molecule has 0 amide bonds. The van der Waals surface area contributed by atoms with Crippen molar-refractivity contribution in [1.29, 1.82) is 0 Å². The highest BCUT2D eigenvalue weighted by molar-refractivity contribution is 6.07. The number of hydrogen-bond acceptors (Lipinski definition) is 4. The quantitative estimate of drug-likeness (QED) is 0.467. The normalized spacial score (nSPS) is 11.5. The van der Waals surface area contributed by atoms with Crippen LogP contribution >= 0.6 is 0 Å². The highest BCUT2D eigenvalue weighted by Crippen LogP contribution is 2.36. The fourth-order valence-electron chi connectivity index (χ4n) is 3.20. The van der Waals surface area contributed by atoms with E-state index in [1.165, 1.54) is 0 Å². The molecule has 0 aliphatic carbocycles. The Hall–Kier alpha value is -3.53. The average Bonchev–Trinajstić information content (AvgIpc) is 3.09. The van der Waals surface area contributed by atoms with Gasteiger partial charge in [0.2, 0.25) is 16.9 Å². The minimum absolute atomic E-state index is 0.0454. The maximum absolute atomic E-state index is 12.4. The van der Waals surface area contributed by atoms with Crippen LogP contribution in [0.2, 0.25) is 0 Å². The molecule has 0 unspecified atom stereocenters. The van der Waals surface area contributed by atoms with Crippen molar-refractivity contribution in [3.8, 4) is 17.3 Å². The van der Waals surface area contributed by atoms with E-state index in [4.69, 9.17) is 8.83 Å². The van der Waals surface area contributed by atoms with Gasteiger partial charge in [0.15, 0.2) is 5.76 Å². The average molecular weight is 328 g/mol. The molecule has 25 heavy (non-hydrogen) atoms. The lowest BCUT2D eigenvalue weighted by Gasteiger charge is -2.02. The van der Waals surface area contributed by atoms with E-state index in [-0.39, 0.29) is 5.76 Å². The van der Waals surface area contributed by atoms with E-state index in [2.05, 4.69) is 0 Å². The van der Waals surface area contributed by atoms with Crippen LogP contribution in [0.5, 0.6) is 5.75 Å². The van der Waals surface area contributed by atoms with E-state index in [1.807, 2.05) is 36.4 Å². The molecule has 4 nitrogen and oxygen atoms in total. The smallest absolute Gasteiger partial charge is 0.235 e. The molecule has 0 spiro atoms. The van der Waals surface area contributed by atoms with Crippen molar-refractivity contribution in [2.75, 3.05) is 0 Å². The Balaban J connectivity index is 1.84. The third-order valence-corrected chi connectivity index (χ3v) is 4.42. The largest absolute Gasteiger partial charge is 0.501 e. The number of aromatic hydroxyl groups is 1. The van der Waals surface area contributed by atoms with Crippen molar-refractivity contribution < 1.29 is 13.9 Å². The van der Waals surface area contributed by atoms with E-state index < -0.39 is 11.2 Å². The molecule has 0 radical (unpaired) electrons. The fraction of sp³-hybridized carbons (Fsp3) is 0. The van der Waals surface area contributed by atoms with Crippen LogP contribution in [0.3, 0.4) is 0 Å². The van der Waals surface area contributed by atoms with Crippen molar-refractivity contribution >= 4 is 32.7 Å². The van der Waals surface area contributed by atoms with Crippen molar-refractivity contribution in [2.24, 2.45) is 0 Å². The lowest BCUT2D eigenvalue weighted by molar-refractivity contribution is 0.442. The minimum Gasteiger partial charge on any atom is -0.501 e. The first kappa shape index (κ1) is 13.9. The predicted molar refractivity (Wildman–Crippen MR) is 96.9 cm³/mol. The van der Waals surface area contributed by atoms with E-state index in [1.54, 1.807) is 30.3 Å². The number of para-hydroxylation sites is 1. The summed E-state index contributed by atoms with van der Waals surface area (Å²) in [6.45, 7) is 0. The molecule has 4 heteroatoms. The molecule has 5 aromatic rings.